The zero-order valence-corrected chi connectivity index (χ0v) is 25.0. The summed E-state index contributed by atoms with van der Waals surface area (Å²) < 4.78 is 1.76. The third-order valence-electron chi connectivity index (χ3n) is 8.63. The van der Waals surface area contributed by atoms with Crippen LogP contribution < -0.4 is 20.9 Å². The number of nitrogens with zero attached hydrogens (tertiary/aromatic N) is 7. The number of aromatic nitrogens is 5. The van der Waals surface area contributed by atoms with E-state index >= 15 is 0 Å². The minimum absolute atomic E-state index is 0.0119. The molecule has 0 aliphatic heterocycles. The van der Waals surface area contributed by atoms with Gasteiger partial charge in [0.25, 0.3) is 0 Å². The fourth-order valence-electron chi connectivity index (χ4n) is 5.85. The number of nitrogens with one attached hydrogen (secondary N) is 3. The number of aryl methyl sites for hydroxylation is 1. The van der Waals surface area contributed by atoms with Crippen molar-refractivity contribution in [1.82, 2.24) is 30.0 Å². The third-order valence-corrected chi connectivity index (χ3v) is 8.63. The number of hydrogen-bond donors (Lipinski definition) is 3. The average Bonchev–Trinajstić information content (AvgIpc) is 3.47. The van der Waals surface area contributed by atoms with E-state index in [0.717, 1.165) is 48.9 Å². The molecule has 0 atom stereocenters. The standard InChI is InChI=1S/C33H38N10O/c1-42-22-27(21-39-42)25-10-15-30(35-19-25)43(33(44)38-18-23-6-3-2-4-7-23)29-13-11-28(12-14-29)40-32-37-20-26(16-34)31(41-32)36-17-24-8-5-9-24/h2-4,6-7,10,15,19-22,24,28-29H,5,8-9,11-14,17-18H2,1H3,(H,38,44)(H2,36,37,40,41). The number of carbonyl (C=O) groups is 1. The van der Waals surface area contributed by atoms with E-state index in [4.69, 9.17) is 4.98 Å². The van der Waals surface area contributed by atoms with Gasteiger partial charge in [0.05, 0.1) is 12.4 Å². The lowest BCUT2D eigenvalue weighted by Gasteiger charge is -2.36. The second-order valence-corrected chi connectivity index (χ2v) is 11.7. The van der Waals surface area contributed by atoms with E-state index in [1.165, 1.54) is 19.3 Å². The van der Waals surface area contributed by atoms with E-state index in [9.17, 15) is 10.1 Å². The summed E-state index contributed by atoms with van der Waals surface area (Å²) in [4.78, 5) is 29.3. The van der Waals surface area contributed by atoms with Gasteiger partial charge in [-0.05, 0) is 62.1 Å². The Bertz CT molecular complexity index is 1590. The average molecular weight is 591 g/mol. The molecule has 226 valence electrons. The van der Waals surface area contributed by atoms with Crippen LogP contribution in [0.1, 0.15) is 56.1 Å². The molecule has 1 aromatic carbocycles. The van der Waals surface area contributed by atoms with Gasteiger partial charge in [-0.1, -0.05) is 36.8 Å². The van der Waals surface area contributed by atoms with Crippen molar-refractivity contribution in [3.05, 3.63) is 78.4 Å². The van der Waals surface area contributed by atoms with Crippen LogP contribution in [0.25, 0.3) is 11.1 Å². The Balaban J connectivity index is 1.13. The highest BCUT2D eigenvalue weighted by molar-refractivity contribution is 5.91. The molecule has 0 spiro atoms. The maximum atomic E-state index is 13.7. The van der Waals surface area contributed by atoms with E-state index in [2.05, 4.69) is 37.1 Å². The number of anilines is 3. The van der Waals surface area contributed by atoms with Gasteiger partial charge in [-0.3, -0.25) is 9.58 Å². The Morgan fingerprint density at radius 1 is 1.00 bits per heavy atom. The highest BCUT2D eigenvalue weighted by atomic mass is 16.2. The summed E-state index contributed by atoms with van der Waals surface area (Å²) in [6.07, 6.45) is 14.1. The molecule has 0 bridgehead atoms. The van der Waals surface area contributed by atoms with Crippen molar-refractivity contribution < 1.29 is 4.79 Å². The van der Waals surface area contributed by atoms with Crippen LogP contribution in [0.4, 0.5) is 22.4 Å². The Morgan fingerprint density at radius 3 is 2.48 bits per heavy atom. The van der Waals surface area contributed by atoms with Crippen LogP contribution in [-0.4, -0.2) is 49.4 Å². The molecular weight excluding hydrogens is 552 g/mol. The lowest BCUT2D eigenvalue weighted by molar-refractivity contribution is 0.240. The summed E-state index contributed by atoms with van der Waals surface area (Å²) in [6.45, 7) is 1.27. The van der Waals surface area contributed by atoms with Gasteiger partial charge < -0.3 is 16.0 Å². The Morgan fingerprint density at radius 2 is 1.82 bits per heavy atom. The summed E-state index contributed by atoms with van der Waals surface area (Å²) in [6, 6.07) is 16.0. The summed E-state index contributed by atoms with van der Waals surface area (Å²) >= 11 is 0. The normalized spacial score (nSPS) is 18.1. The first-order chi connectivity index (χ1) is 21.6. The number of rotatable bonds is 10. The van der Waals surface area contributed by atoms with E-state index in [1.807, 2.05) is 60.6 Å². The fraction of sp³-hybridized carbons (Fsp3) is 0.394. The van der Waals surface area contributed by atoms with E-state index < -0.39 is 0 Å². The topological polar surface area (TPSA) is 137 Å². The molecule has 3 heterocycles. The van der Waals surface area contributed by atoms with Gasteiger partial charge in [-0.25, -0.2) is 14.8 Å². The van der Waals surface area contributed by atoms with E-state index in [1.54, 1.807) is 23.3 Å². The molecular formula is C33H38N10O. The van der Waals surface area contributed by atoms with Gasteiger partial charge >= 0.3 is 6.03 Å². The number of carbonyl (C=O) groups excluding carboxylic acids is 1. The molecule has 0 radical (unpaired) electrons. The molecule has 0 saturated heterocycles. The van der Waals surface area contributed by atoms with E-state index in [0.29, 0.717) is 35.6 Å². The lowest BCUT2D eigenvalue weighted by Crippen LogP contribution is -2.49. The van der Waals surface area contributed by atoms with Crippen LogP contribution in [0.15, 0.2) is 67.3 Å². The van der Waals surface area contributed by atoms with Crippen molar-refractivity contribution in [3.8, 4) is 17.2 Å². The minimum atomic E-state index is -0.163. The number of pyridine rings is 1. The second kappa shape index (κ2) is 13.5. The highest BCUT2D eigenvalue weighted by Crippen LogP contribution is 2.30. The third kappa shape index (κ3) is 6.97. The maximum Gasteiger partial charge on any atom is 0.323 e. The van der Waals surface area contributed by atoms with Crippen molar-refractivity contribution in [2.45, 2.75) is 63.6 Å². The Kier molecular flexibility index (Phi) is 8.96. The number of nitriles is 1. The maximum absolute atomic E-state index is 13.7. The number of hydrogen-bond acceptors (Lipinski definition) is 8. The molecule has 0 unspecified atom stereocenters. The second-order valence-electron chi connectivity index (χ2n) is 11.7. The van der Waals surface area contributed by atoms with Gasteiger partial charge in [-0.15, -0.1) is 0 Å². The molecule has 2 fully saturated rings. The SMILES string of the molecule is Cn1cc(-c2ccc(N(C(=O)NCc3ccccc3)C3CCC(Nc4ncc(C#N)c(NCC5CCC5)n4)CC3)nc2)cn1. The van der Waals surface area contributed by atoms with Gasteiger partial charge in [0.1, 0.15) is 23.3 Å². The highest BCUT2D eigenvalue weighted by Gasteiger charge is 2.31. The van der Waals surface area contributed by atoms with E-state index in [-0.39, 0.29) is 18.1 Å². The van der Waals surface area contributed by atoms with Crippen molar-refractivity contribution in [3.63, 3.8) is 0 Å². The molecule has 3 N–H and O–H groups in total. The molecule has 11 nitrogen and oxygen atoms in total. The predicted octanol–water partition coefficient (Wildman–Crippen LogP) is 5.50. The van der Waals surface area contributed by atoms with Gasteiger partial charge in [0.15, 0.2) is 0 Å². The number of urea groups is 1. The molecule has 6 rings (SSSR count). The van der Waals surface area contributed by atoms with Crippen LogP contribution in [0.3, 0.4) is 0 Å². The summed E-state index contributed by atoms with van der Waals surface area (Å²) in [5.41, 5.74) is 3.42. The first-order valence-corrected chi connectivity index (χ1v) is 15.4. The molecule has 3 aromatic heterocycles. The predicted molar refractivity (Wildman–Crippen MR) is 170 cm³/mol. The zero-order valence-electron chi connectivity index (χ0n) is 25.0. The van der Waals surface area contributed by atoms with Gasteiger partial charge in [0, 0.05) is 55.7 Å². The largest absolute Gasteiger partial charge is 0.369 e. The van der Waals surface area contributed by atoms with Gasteiger partial charge in [0.2, 0.25) is 5.95 Å². The molecule has 2 aliphatic carbocycles. The molecule has 11 heteroatoms. The number of benzene rings is 1. The lowest BCUT2D eigenvalue weighted by atomic mass is 9.85. The van der Waals surface area contributed by atoms with Crippen molar-refractivity contribution in [2.24, 2.45) is 13.0 Å². The summed E-state index contributed by atoms with van der Waals surface area (Å²) in [5.74, 6) is 2.38. The van der Waals surface area contributed by atoms with Crippen molar-refractivity contribution in [1.29, 1.82) is 5.26 Å². The van der Waals surface area contributed by atoms with Crippen LogP contribution in [-0.2, 0) is 13.6 Å². The molecule has 4 aromatic rings. The number of amides is 2. The quantitative estimate of drug-likeness (QED) is 0.220. The molecule has 2 amide bonds. The first-order valence-electron chi connectivity index (χ1n) is 15.4. The fourth-order valence-corrected chi connectivity index (χ4v) is 5.85. The van der Waals surface area contributed by atoms with Crippen LogP contribution in [0, 0.1) is 17.2 Å². The summed E-state index contributed by atoms with van der Waals surface area (Å²) in [5, 5.41) is 23.7. The smallest absolute Gasteiger partial charge is 0.323 e. The molecule has 2 saturated carbocycles. The molecule has 44 heavy (non-hydrogen) atoms. The zero-order chi connectivity index (χ0) is 30.3. The first kappa shape index (κ1) is 29.1. The minimum Gasteiger partial charge on any atom is -0.369 e. The van der Waals surface area contributed by atoms with Crippen LogP contribution in [0.5, 0.6) is 0 Å². The van der Waals surface area contributed by atoms with Crippen LogP contribution in [0.2, 0.25) is 0 Å². The monoisotopic (exact) mass is 590 g/mol. The molecule has 2 aliphatic rings. The van der Waals surface area contributed by atoms with Crippen molar-refractivity contribution >= 4 is 23.6 Å². The Labute approximate surface area is 257 Å². The van der Waals surface area contributed by atoms with Crippen molar-refractivity contribution in [2.75, 3.05) is 22.1 Å². The van der Waals surface area contributed by atoms with Gasteiger partial charge in [-0.2, -0.15) is 15.3 Å². The Hall–Kier alpha value is -4.98. The summed E-state index contributed by atoms with van der Waals surface area (Å²) in [7, 11) is 1.88. The van der Waals surface area contributed by atoms with Crippen LogP contribution >= 0.6 is 0 Å².